The fourth-order valence-corrected chi connectivity index (χ4v) is 2.25. The van der Waals surface area contributed by atoms with Crippen LogP contribution in [0, 0.1) is 0 Å². The lowest BCUT2D eigenvalue weighted by atomic mass is 10.3. The first-order valence-electron chi connectivity index (χ1n) is 6.60. The molecule has 1 aromatic carbocycles. The van der Waals surface area contributed by atoms with Crippen molar-refractivity contribution in [1.82, 2.24) is 14.5 Å². The van der Waals surface area contributed by atoms with Crippen LogP contribution in [0.4, 0.5) is 0 Å². The van der Waals surface area contributed by atoms with Gasteiger partial charge in [-0.3, -0.25) is 0 Å². The molecule has 2 N–H and O–H groups in total. The molecule has 108 valence electrons. The van der Waals surface area contributed by atoms with Gasteiger partial charge in [-0.05, 0) is 25.0 Å². The number of fused-ring (bicyclic) bond motifs is 1. The Kier molecular flexibility index (Phi) is 4.52. The summed E-state index contributed by atoms with van der Waals surface area (Å²) >= 11 is 0. The van der Waals surface area contributed by atoms with Crippen molar-refractivity contribution in [1.29, 1.82) is 0 Å². The topological polar surface area (TPSA) is 59.4 Å². The lowest BCUT2D eigenvalue weighted by Gasteiger charge is -2.16. The smallest absolute Gasteiger partial charge is 0.191 e. The lowest BCUT2D eigenvalue weighted by molar-refractivity contribution is 0.487. The van der Waals surface area contributed by atoms with Crippen LogP contribution in [0.3, 0.4) is 0 Å². The zero-order valence-corrected chi connectivity index (χ0v) is 14.1. The quantitative estimate of drug-likeness (QED) is 0.500. The molecule has 6 heteroatoms. The van der Waals surface area contributed by atoms with Gasteiger partial charge in [-0.1, -0.05) is 12.1 Å². The van der Waals surface area contributed by atoms with Crippen molar-refractivity contribution in [3.8, 4) is 0 Å². The Bertz CT molecular complexity index is 630. The lowest BCUT2D eigenvalue weighted by Crippen LogP contribution is -2.35. The van der Waals surface area contributed by atoms with Gasteiger partial charge in [0.05, 0.1) is 11.0 Å². The zero-order valence-electron chi connectivity index (χ0n) is 11.8. The SMILES string of the molecule is CN(C(N)=NCc1nc2ccccc2n1C)C1CC1.I. The van der Waals surface area contributed by atoms with E-state index in [-0.39, 0.29) is 24.0 Å². The third-order valence-corrected chi connectivity index (χ3v) is 3.72. The van der Waals surface area contributed by atoms with Crippen LogP contribution in [-0.4, -0.2) is 33.5 Å². The summed E-state index contributed by atoms with van der Waals surface area (Å²) in [5, 5.41) is 0. The van der Waals surface area contributed by atoms with Gasteiger partial charge in [-0.15, -0.1) is 24.0 Å². The Hall–Kier alpha value is -1.31. The van der Waals surface area contributed by atoms with Crippen molar-refractivity contribution >= 4 is 41.0 Å². The summed E-state index contributed by atoms with van der Waals surface area (Å²) in [5.41, 5.74) is 8.12. The van der Waals surface area contributed by atoms with Gasteiger partial charge in [0.25, 0.3) is 0 Å². The predicted octanol–water partition coefficient (Wildman–Crippen LogP) is 2.10. The average Bonchev–Trinajstić information content (AvgIpc) is 3.22. The number of hydrogen-bond donors (Lipinski definition) is 1. The Balaban J connectivity index is 0.00000147. The zero-order chi connectivity index (χ0) is 13.4. The minimum absolute atomic E-state index is 0. The number of nitrogens with zero attached hydrogens (tertiary/aromatic N) is 4. The maximum absolute atomic E-state index is 5.99. The number of aryl methyl sites for hydroxylation is 1. The van der Waals surface area contributed by atoms with Crippen molar-refractivity contribution in [2.75, 3.05) is 7.05 Å². The molecular weight excluding hydrogens is 365 g/mol. The second-order valence-electron chi connectivity index (χ2n) is 5.09. The van der Waals surface area contributed by atoms with Crippen LogP contribution in [0.1, 0.15) is 18.7 Å². The van der Waals surface area contributed by atoms with E-state index in [4.69, 9.17) is 5.73 Å². The molecule has 1 fully saturated rings. The minimum Gasteiger partial charge on any atom is -0.370 e. The van der Waals surface area contributed by atoms with Crippen LogP contribution in [-0.2, 0) is 13.6 Å². The van der Waals surface area contributed by atoms with Gasteiger partial charge < -0.3 is 15.2 Å². The molecule has 0 aliphatic heterocycles. The molecule has 0 unspecified atom stereocenters. The summed E-state index contributed by atoms with van der Waals surface area (Å²) in [6.07, 6.45) is 2.44. The van der Waals surface area contributed by atoms with Crippen LogP contribution < -0.4 is 5.73 Å². The molecule has 5 nitrogen and oxygen atoms in total. The molecule has 20 heavy (non-hydrogen) atoms. The van der Waals surface area contributed by atoms with Crippen LogP contribution in [0.15, 0.2) is 29.3 Å². The van der Waals surface area contributed by atoms with E-state index in [1.54, 1.807) is 0 Å². The standard InChI is InChI=1S/C14H19N5.HI/c1-18(10-7-8-10)14(15)16-9-13-17-11-5-3-4-6-12(11)19(13)2;/h3-6,10H,7-9H2,1-2H3,(H2,15,16);1H. The summed E-state index contributed by atoms with van der Waals surface area (Å²) < 4.78 is 2.07. The molecular formula is C14H20IN5. The van der Waals surface area contributed by atoms with E-state index in [0.717, 1.165) is 16.9 Å². The van der Waals surface area contributed by atoms with E-state index >= 15 is 0 Å². The molecule has 0 saturated heterocycles. The number of imidazole rings is 1. The Morgan fingerprint density at radius 3 is 2.80 bits per heavy atom. The second-order valence-corrected chi connectivity index (χ2v) is 5.09. The molecule has 0 bridgehead atoms. The van der Waals surface area contributed by atoms with Crippen molar-refractivity contribution < 1.29 is 0 Å². The van der Waals surface area contributed by atoms with Crippen LogP contribution >= 0.6 is 24.0 Å². The molecule has 1 saturated carbocycles. The number of para-hydroxylation sites is 2. The van der Waals surface area contributed by atoms with E-state index in [1.807, 2.05) is 32.3 Å². The summed E-state index contributed by atoms with van der Waals surface area (Å²) in [6, 6.07) is 8.69. The summed E-state index contributed by atoms with van der Waals surface area (Å²) in [4.78, 5) is 11.1. The third kappa shape index (κ3) is 2.89. The normalized spacial score (nSPS) is 15.2. The summed E-state index contributed by atoms with van der Waals surface area (Å²) in [5.74, 6) is 1.54. The van der Waals surface area contributed by atoms with Crippen LogP contribution in [0.5, 0.6) is 0 Å². The summed E-state index contributed by atoms with van der Waals surface area (Å²) in [6.45, 7) is 0.522. The second kappa shape index (κ2) is 5.99. The van der Waals surface area contributed by atoms with Crippen LogP contribution in [0.25, 0.3) is 11.0 Å². The van der Waals surface area contributed by atoms with E-state index in [9.17, 15) is 0 Å². The Morgan fingerprint density at radius 2 is 2.15 bits per heavy atom. The van der Waals surface area contributed by atoms with Crippen LogP contribution in [0.2, 0.25) is 0 Å². The molecule has 0 spiro atoms. The molecule has 1 heterocycles. The molecule has 0 amide bonds. The number of rotatable bonds is 3. The molecule has 1 aromatic heterocycles. The van der Waals surface area contributed by atoms with Gasteiger partial charge in [0.15, 0.2) is 5.96 Å². The first-order chi connectivity index (χ1) is 9.16. The van der Waals surface area contributed by atoms with Gasteiger partial charge >= 0.3 is 0 Å². The van der Waals surface area contributed by atoms with Crippen molar-refractivity contribution in [2.45, 2.75) is 25.4 Å². The molecule has 3 rings (SSSR count). The maximum atomic E-state index is 5.99. The molecule has 1 aliphatic rings. The fourth-order valence-electron chi connectivity index (χ4n) is 2.25. The average molecular weight is 385 g/mol. The number of guanidine groups is 1. The van der Waals surface area contributed by atoms with Gasteiger partial charge in [-0.25, -0.2) is 9.98 Å². The highest BCUT2D eigenvalue weighted by Crippen LogP contribution is 2.25. The minimum atomic E-state index is 0. The highest BCUT2D eigenvalue weighted by atomic mass is 127. The first kappa shape index (κ1) is 15.1. The number of benzene rings is 1. The third-order valence-electron chi connectivity index (χ3n) is 3.72. The van der Waals surface area contributed by atoms with Gasteiger partial charge in [-0.2, -0.15) is 0 Å². The van der Waals surface area contributed by atoms with E-state index < -0.39 is 0 Å². The van der Waals surface area contributed by atoms with Gasteiger partial charge in [0, 0.05) is 20.1 Å². The van der Waals surface area contributed by atoms with E-state index in [0.29, 0.717) is 18.5 Å². The van der Waals surface area contributed by atoms with Gasteiger partial charge in [0.2, 0.25) is 0 Å². The molecule has 0 atom stereocenters. The predicted molar refractivity (Wildman–Crippen MR) is 92.2 cm³/mol. The summed E-state index contributed by atoms with van der Waals surface area (Å²) in [7, 11) is 4.02. The maximum Gasteiger partial charge on any atom is 0.191 e. The fraction of sp³-hybridized carbons (Fsp3) is 0.429. The van der Waals surface area contributed by atoms with E-state index in [1.165, 1.54) is 12.8 Å². The van der Waals surface area contributed by atoms with E-state index in [2.05, 4.69) is 25.5 Å². The largest absolute Gasteiger partial charge is 0.370 e. The highest BCUT2D eigenvalue weighted by Gasteiger charge is 2.27. The monoisotopic (exact) mass is 385 g/mol. The molecule has 2 aromatic rings. The number of aromatic nitrogens is 2. The number of aliphatic imine (C=N–C) groups is 1. The molecule has 1 aliphatic carbocycles. The van der Waals surface area contributed by atoms with Gasteiger partial charge in [0.1, 0.15) is 12.4 Å². The molecule has 0 radical (unpaired) electrons. The number of hydrogen-bond acceptors (Lipinski definition) is 2. The number of halogens is 1. The van der Waals surface area contributed by atoms with Crippen molar-refractivity contribution in [3.05, 3.63) is 30.1 Å². The van der Waals surface area contributed by atoms with Crippen molar-refractivity contribution in [3.63, 3.8) is 0 Å². The number of nitrogens with two attached hydrogens (primary N) is 1. The Morgan fingerprint density at radius 1 is 1.45 bits per heavy atom. The highest BCUT2D eigenvalue weighted by molar-refractivity contribution is 14.0. The first-order valence-corrected chi connectivity index (χ1v) is 6.60. The van der Waals surface area contributed by atoms with Crippen molar-refractivity contribution in [2.24, 2.45) is 17.8 Å². The Labute approximate surface area is 135 Å².